The normalized spacial score (nSPS) is 16.7. The highest BCUT2D eigenvalue weighted by Crippen LogP contribution is 2.22. The fourth-order valence-corrected chi connectivity index (χ4v) is 4.25. The zero-order chi connectivity index (χ0) is 18.8. The van der Waals surface area contributed by atoms with Gasteiger partial charge in [-0.3, -0.25) is 9.59 Å². The van der Waals surface area contributed by atoms with Gasteiger partial charge >= 0.3 is 0 Å². The Morgan fingerprint density at radius 1 is 1.41 bits per heavy atom. The van der Waals surface area contributed by atoms with Crippen molar-refractivity contribution >= 4 is 27.5 Å². The summed E-state index contributed by atoms with van der Waals surface area (Å²) in [5.41, 5.74) is 4.32. The van der Waals surface area contributed by atoms with Crippen LogP contribution in [0.15, 0.2) is 40.8 Å². The van der Waals surface area contributed by atoms with E-state index >= 15 is 0 Å². The number of thiazole rings is 1. The molecule has 4 rings (SSSR count). The van der Waals surface area contributed by atoms with Crippen LogP contribution in [0.5, 0.6) is 0 Å². The summed E-state index contributed by atoms with van der Waals surface area (Å²) in [6.45, 7) is 3.37. The average molecular weight is 383 g/mol. The van der Waals surface area contributed by atoms with E-state index in [9.17, 15) is 9.59 Å². The van der Waals surface area contributed by atoms with Gasteiger partial charge in [-0.05, 0) is 43.0 Å². The summed E-state index contributed by atoms with van der Waals surface area (Å²) >= 11 is 1.55. The predicted molar refractivity (Wildman–Crippen MR) is 105 cm³/mol. The van der Waals surface area contributed by atoms with Crippen molar-refractivity contribution in [2.24, 2.45) is 0 Å². The number of carbonyl (C=O) groups excluding carboxylic acids is 1. The zero-order valence-corrected chi connectivity index (χ0v) is 15.9. The first-order valence-electron chi connectivity index (χ1n) is 9.04. The van der Waals surface area contributed by atoms with E-state index in [4.69, 9.17) is 4.74 Å². The average Bonchev–Trinajstić information content (AvgIpc) is 3.34. The standard InChI is InChI=1S/C20H21N3O3S/c1-13-7-8-23(11-15-5-3-9-26-15)20(25)17(13)19(24)21-10-14-4-2-6-16-18(14)27-12-22-16/h2,4,6-8,12,15H,3,5,9-11H2,1H3,(H,21,24). The summed E-state index contributed by atoms with van der Waals surface area (Å²) in [4.78, 5) is 29.9. The van der Waals surface area contributed by atoms with E-state index in [0.717, 1.165) is 35.2 Å². The minimum atomic E-state index is -0.347. The molecule has 1 fully saturated rings. The lowest BCUT2D eigenvalue weighted by Crippen LogP contribution is -2.35. The highest BCUT2D eigenvalue weighted by molar-refractivity contribution is 7.16. The SMILES string of the molecule is Cc1ccn(CC2CCCO2)c(=O)c1C(=O)NCc1cccc2ncsc12. The second-order valence-corrected chi connectivity index (χ2v) is 7.62. The van der Waals surface area contributed by atoms with Gasteiger partial charge in [0.05, 0.1) is 28.4 Å². The number of fused-ring (bicyclic) bond motifs is 1. The van der Waals surface area contributed by atoms with Crippen LogP contribution in [-0.2, 0) is 17.8 Å². The Kier molecular flexibility index (Phi) is 5.05. The van der Waals surface area contributed by atoms with Crippen molar-refractivity contribution in [1.82, 2.24) is 14.9 Å². The third-order valence-corrected chi connectivity index (χ3v) is 5.82. The van der Waals surface area contributed by atoms with Crippen molar-refractivity contribution in [3.8, 4) is 0 Å². The van der Waals surface area contributed by atoms with Crippen LogP contribution >= 0.6 is 11.3 Å². The van der Waals surface area contributed by atoms with Gasteiger partial charge in [0.1, 0.15) is 5.56 Å². The molecule has 27 heavy (non-hydrogen) atoms. The Morgan fingerprint density at radius 3 is 3.11 bits per heavy atom. The predicted octanol–water partition coefficient (Wildman–Crippen LogP) is 2.88. The highest BCUT2D eigenvalue weighted by atomic mass is 32.1. The molecule has 1 saturated heterocycles. The van der Waals surface area contributed by atoms with Crippen LogP contribution in [0.3, 0.4) is 0 Å². The zero-order valence-electron chi connectivity index (χ0n) is 15.1. The lowest BCUT2D eigenvalue weighted by molar-refractivity contribution is 0.0928. The lowest BCUT2D eigenvalue weighted by atomic mass is 10.1. The monoisotopic (exact) mass is 383 g/mol. The number of pyridine rings is 1. The molecule has 0 saturated carbocycles. The summed E-state index contributed by atoms with van der Waals surface area (Å²) < 4.78 is 8.26. The molecule has 1 aliphatic rings. The number of nitrogens with zero attached hydrogens (tertiary/aromatic N) is 2. The van der Waals surface area contributed by atoms with Gasteiger partial charge in [0.25, 0.3) is 11.5 Å². The highest BCUT2D eigenvalue weighted by Gasteiger charge is 2.20. The van der Waals surface area contributed by atoms with Gasteiger partial charge in [0.15, 0.2) is 0 Å². The molecule has 1 unspecified atom stereocenters. The van der Waals surface area contributed by atoms with Gasteiger partial charge in [0.2, 0.25) is 0 Å². The maximum absolute atomic E-state index is 12.8. The molecule has 140 valence electrons. The van der Waals surface area contributed by atoms with E-state index in [1.165, 1.54) is 0 Å². The second-order valence-electron chi connectivity index (χ2n) is 6.77. The van der Waals surface area contributed by atoms with Crippen LogP contribution in [0.1, 0.15) is 34.3 Å². The van der Waals surface area contributed by atoms with E-state index in [1.807, 2.05) is 24.3 Å². The summed E-state index contributed by atoms with van der Waals surface area (Å²) in [6, 6.07) is 7.65. The van der Waals surface area contributed by atoms with E-state index in [1.54, 1.807) is 34.5 Å². The van der Waals surface area contributed by atoms with Crippen LogP contribution in [0.4, 0.5) is 0 Å². The molecule has 2 aromatic heterocycles. The molecule has 1 N–H and O–H groups in total. The van der Waals surface area contributed by atoms with Crippen molar-refractivity contribution in [2.75, 3.05) is 6.61 Å². The number of nitrogens with one attached hydrogen (secondary N) is 1. The summed E-state index contributed by atoms with van der Waals surface area (Å²) in [7, 11) is 0. The Balaban J connectivity index is 1.54. The number of benzene rings is 1. The van der Waals surface area contributed by atoms with E-state index in [2.05, 4.69) is 10.3 Å². The summed E-state index contributed by atoms with van der Waals surface area (Å²) in [5.74, 6) is -0.347. The first-order chi connectivity index (χ1) is 13.1. The molecular formula is C20H21N3O3S. The van der Waals surface area contributed by atoms with Crippen LogP contribution in [0, 0.1) is 6.92 Å². The van der Waals surface area contributed by atoms with E-state index < -0.39 is 0 Å². The van der Waals surface area contributed by atoms with Gasteiger partial charge in [-0.1, -0.05) is 12.1 Å². The molecule has 1 amide bonds. The molecule has 0 bridgehead atoms. The first-order valence-corrected chi connectivity index (χ1v) is 9.92. The molecule has 3 heterocycles. The third kappa shape index (κ3) is 3.65. The fraction of sp³-hybridized carbons (Fsp3) is 0.350. The maximum Gasteiger partial charge on any atom is 0.263 e. The molecule has 1 aliphatic heterocycles. The van der Waals surface area contributed by atoms with Crippen LogP contribution < -0.4 is 10.9 Å². The van der Waals surface area contributed by atoms with E-state index in [-0.39, 0.29) is 23.1 Å². The fourth-order valence-electron chi connectivity index (χ4n) is 3.44. The Bertz CT molecular complexity index is 1030. The number of amides is 1. The maximum atomic E-state index is 12.8. The molecule has 1 atom stereocenters. The second kappa shape index (κ2) is 7.62. The Labute approximate surface area is 160 Å². The Morgan fingerprint density at radius 2 is 2.30 bits per heavy atom. The van der Waals surface area contributed by atoms with Crippen LogP contribution in [-0.4, -0.2) is 28.2 Å². The number of aryl methyl sites for hydroxylation is 1. The van der Waals surface area contributed by atoms with Crippen molar-refractivity contribution in [3.05, 3.63) is 63.0 Å². The molecule has 7 heteroatoms. The minimum absolute atomic E-state index is 0.0465. The number of aromatic nitrogens is 2. The lowest BCUT2D eigenvalue weighted by Gasteiger charge is -2.14. The Hall–Kier alpha value is -2.51. The van der Waals surface area contributed by atoms with Gasteiger partial charge in [-0.2, -0.15) is 0 Å². The van der Waals surface area contributed by atoms with Crippen molar-refractivity contribution in [3.63, 3.8) is 0 Å². The molecule has 3 aromatic rings. The van der Waals surface area contributed by atoms with Crippen molar-refractivity contribution in [2.45, 2.75) is 39.0 Å². The minimum Gasteiger partial charge on any atom is -0.376 e. The largest absolute Gasteiger partial charge is 0.376 e. The van der Waals surface area contributed by atoms with Gasteiger partial charge in [-0.15, -0.1) is 11.3 Å². The van der Waals surface area contributed by atoms with E-state index in [0.29, 0.717) is 18.7 Å². The molecular weight excluding hydrogens is 362 g/mol. The van der Waals surface area contributed by atoms with Crippen molar-refractivity contribution in [1.29, 1.82) is 0 Å². The number of carbonyl (C=O) groups is 1. The van der Waals surface area contributed by atoms with Crippen LogP contribution in [0.2, 0.25) is 0 Å². The van der Waals surface area contributed by atoms with Crippen LogP contribution in [0.25, 0.3) is 10.2 Å². The number of hydrogen-bond acceptors (Lipinski definition) is 5. The molecule has 1 aromatic carbocycles. The van der Waals surface area contributed by atoms with Gasteiger partial charge in [0, 0.05) is 19.3 Å². The summed E-state index contributed by atoms with van der Waals surface area (Å²) in [6.07, 6.45) is 3.75. The van der Waals surface area contributed by atoms with Crippen molar-refractivity contribution < 1.29 is 9.53 Å². The first kappa shape index (κ1) is 17.9. The van der Waals surface area contributed by atoms with Gasteiger partial charge < -0.3 is 14.6 Å². The number of hydrogen-bond donors (Lipinski definition) is 1. The smallest absolute Gasteiger partial charge is 0.263 e. The third-order valence-electron chi connectivity index (χ3n) is 4.90. The molecule has 0 radical (unpaired) electrons. The number of rotatable bonds is 5. The quantitative estimate of drug-likeness (QED) is 0.735. The topological polar surface area (TPSA) is 73.2 Å². The molecule has 0 spiro atoms. The molecule has 6 nitrogen and oxygen atoms in total. The number of ether oxygens (including phenoxy) is 1. The molecule has 0 aliphatic carbocycles. The summed E-state index contributed by atoms with van der Waals surface area (Å²) in [5, 5.41) is 2.90. The van der Waals surface area contributed by atoms with Gasteiger partial charge in [-0.25, -0.2) is 4.98 Å².